The lowest BCUT2D eigenvalue weighted by atomic mass is 10.0. The average Bonchev–Trinajstić information content (AvgIpc) is 3.04. The molecule has 122 valence electrons. The summed E-state index contributed by atoms with van der Waals surface area (Å²) in [6, 6.07) is 10.4. The quantitative estimate of drug-likeness (QED) is 0.893. The summed E-state index contributed by atoms with van der Waals surface area (Å²) in [5.74, 6) is 0.138. The molecule has 0 spiro atoms. The number of nitrogens with zero attached hydrogens (tertiary/aromatic N) is 1. The predicted molar refractivity (Wildman–Crippen MR) is 95.9 cm³/mol. The Morgan fingerprint density at radius 3 is 2.57 bits per heavy atom. The Kier molecular flexibility index (Phi) is 5.70. The smallest absolute Gasteiger partial charge is 0.224 e. The molecular formula is C18H21ClN2OS. The van der Waals surface area contributed by atoms with Crippen molar-refractivity contribution in [1.82, 2.24) is 10.2 Å². The first-order chi connectivity index (χ1) is 11.2. The molecule has 1 aromatic carbocycles. The number of piperidine rings is 1. The van der Waals surface area contributed by atoms with E-state index in [0.717, 1.165) is 43.1 Å². The average molecular weight is 349 g/mol. The fourth-order valence-electron chi connectivity index (χ4n) is 2.94. The molecule has 0 atom stereocenters. The minimum atomic E-state index is 0.138. The minimum absolute atomic E-state index is 0.138. The third-order valence-corrected chi connectivity index (χ3v) is 5.20. The van der Waals surface area contributed by atoms with Crippen LogP contribution in [0.3, 0.4) is 0 Å². The number of benzene rings is 1. The van der Waals surface area contributed by atoms with Crippen molar-refractivity contribution in [1.29, 1.82) is 0 Å². The molecule has 2 heterocycles. The Bertz CT molecular complexity index is 619. The Morgan fingerprint density at radius 2 is 1.91 bits per heavy atom. The Morgan fingerprint density at radius 1 is 1.17 bits per heavy atom. The number of hydrogen-bond acceptors (Lipinski definition) is 3. The van der Waals surface area contributed by atoms with Crippen LogP contribution >= 0.6 is 22.9 Å². The van der Waals surface area contributed by atoms with Gasteiger partial charge in [0.2, 0.25) is 5.91 Å². The lowest BCUT2D eigenvalue weighted by molar-refractivity contribution is -0.121. The van der Waals surface area contributed by atoms with Crippen molar-refractivity contribution in [3.05, 3.63) is 57.2 Å². The number of nitrogens with one attached hydrogen (secondary N) is 1. The van der Waals surface area contributed by atoms with Crippen LogP contribution in [0.2, 0.25) is 5.02 Å². The monoisotopic (exact) mass is 348 g/mol. The zero-order chi connectivity index (χ0) is 16.1. The van der Waals surface area contributed by atoms with Gasteiger partial charge >= 0.3 is 0 Å². The van der Waals surface area contributed by atoms with Gasteiger partial charge in [-0.3, -0.25) is 9.69 Å². The maximum Gasteiger partial charge on any atom is 0.224 e. The van der Waals surface area contributed by atoms with Crippen molar-refractivity contribution < 1.29 is 4.79 Å². The summed E-state index contributed by atoms with van der Waals surface area (Å²) in [7, 11) is 0. The first-order valence-electron chi connectivity index (χ1n) is 7.96. The lowest BCUT2D eigenvalue weighted by Gasteiger charge is -2.32. The van der Waals surface area contributed by atoms with Gasteiger partial charge < -0.3 is 5.32 Å². The molecule has 23 heavy (non-hydrogen) atoms. The van der Waals surface area contributed by atoms with Crippen molar-refractivity contribution in [3.63, 3.8) is 0 Å². The SMILES string of the molecule is O=C(Cc1ccsc1)NC1CCN(Cc2ccc(Cl)cc2)CC1. The van der Waals surface area contributed by atoms with Crippen molar-refractivity contribution in [2.75, 3.05) is 13.1 Å². The van der Waals surface area contributed by atoms with Crippen LogP contribution in [0, 0.1) is 0 Å². The summed E-state index contributed by atoms with van der Waals surface area (Å²) < 4.78 is 0. The first kappa shape index (κ1) is 16.5. The van der Waals surface area contributed by atoms with Gasteiger partial charge in [0.15, 0.2) is 0 Å². The van der Waals surface area contributed by atoms with Crippen LogP contribution in [0.1, 0.15) is 24.0 Å². The van der Waals surface area contributed by atoms with Gasteiger partial charge in [-0.2, -0.15) is 11.3 Å². The summed E-state index contributed by atoms with van der Waals surface area (Å²) in [5.41, 5.74) is 2.39. The first-order valence-corrected chi connectivity index (χ1v) is 9.28. The third kappa shape index (κ3) is 5.06. The van der Waals surface area contributed by atoms with Gasteiger partial charge in [0.25, 0.3) is 0 Å². The fraction of sp³-hybridized carbons (Fsp3) is 0.389. The highest BCUT2D eigenvalue weighted by Gasteiger charge is 2.20. The molecule has 0 aliphatic carbocycles. The predicted octanol–water partition coefficient (Wildman–Crippen LogP) is 3.72. The lowest BCUT2D eigenvalue weighted by Crippen LogP contribution is -2.44. The summed E-state index contributed by atoms with van der Waals surface area (Å²) in [4.78, 5) is 14.5. The molecule has 1 aliphatic heterocycles. The highest BCUT2D eigenvalue weighted by molar-refractivity contribution is 7.08. The van der Waals surface area contributed by atoms with Crippen LogP contribution in [-0.2, 0) is 17.8 Å². The second-order valence-corrected chi connectivity index (χ2v) is 7.27. The Labute approximate surface area is 146 Å². The zero-order valence-corrected chi connectivity index (χ0v) is 14.6. The molecule has 1 N–H and O–H groups in total. The zero-order valence-electron chi connectivity index (χ0n) is 13.0. The molecule has 1 saturated heterocycles. The minimum Gasteiger partial charge on any atom is -0.353 e. The van der Waals surface area contributed by atoms with E-state index in [-0.39, 0.29) is 5.91 Å². The molecular weight excluding hydrogens is 328 g/mol. The molecule has 3 rings (SSSR count). The molecule has 1 aliphatic rings. The molecule has 1 fully saturated rings. The van der Waals surface area contributed by atoms with E-state index in [9.17, 15) is 4.79 Å². The molecule has 1 aromatic heterocycles. The van der Waals surface area contributed by atoms with Crippen molar-refractivity contribution in [3.8, 4) is 0 Å². The molecule has 0 radical (unpaired) electrons. The molecule has 0 unspecified atom stereocenters. The molecule has 0 saturated carbocycles. The van der Waals surface area contributed by atoms with Gasteiger partial charge in [-0.1, -0.05) is 23.7 Å². The molecule has 5 heteroatoms. The van der Waals surface area contributed by atoms with E-state index >= 15 is 0 Å². The highest BCUT2D eigenvalue weighted by Crippen LogP contribution is 2.16. The Balaban J connectivity index is 1.41. The topological polar surface area (TPSA) is 32.3 Å². The van der Waals surface area contributed by atoms with Crippen LogP contribution in [0.15, 0.2) is 41.1 Å². The Hall–Kier alpha value is -1.36. The molecule has 2 aromatic rings. The number of amides is 1. The van der Waals surface area contributed by atoms with Crippen LogP contribution < -0.4 is 5.32 Å². The van der Waals surface area contributed by atoms with Crippen molar-refractivity contribution in [2.24, 2.45) is 0 Å². The van der Waals surface area contributed by atoms with Crippen LogP contribution in [-0.4, -0.2) is 29.9 Å². The third-order valence-electron chi connectivity index (χ3n) is 4.22. The van der Waals surface area contributed by atoms with Gasteiger partial charge in [0.05, 0.1) is 6.42 Å². The van der Waals surface area contributed by atoms with Crippen LogP contribution in [0.25, 0.3) is 0 Å². The van der Waals surface area contributed by atoms with E-state index in [4.69, 9.17) is 11.6 Å². The molecule has 3 nitrogen and oxygen atoms in total. The fourth-order valence-corrected chi connectivity index (χ4v) is 3.74. The van der Waals surface area contributed by atoms with E-state index in [1.807, 2.05) is 29.0 Å². The summed E-state index contributed by atoms with van der Waals surface area (Å²) in [6.07, 6.45) is 2.53. The largest absolute Gasteiger partial charge is 0.353 e. The van der Waals surface area contributed by atoms with Crippen molar-refractivity contribution in [2.45, 2.75) is 31.8 Å². The van der Waals surface area contributed by atoms with Crippen molar-refractivity contribution >= 4 is 28.8 Å². The van der Waals surface area contributed by atoms with E-state index in [1.54, 1.807) is 11.3 Å². The maximum absolute atomic E-state index is 12.1. The number of likely N-dealkylation sites (tertiary alicyclic amines) is 1. The van der Waals surface area contributed by atoms with E-state index in [1.165, 1.54) is 5.56 Å². The summed E-state index contributed by atoms with van der Waals surface area (Å²) in [5, 5.41) is 8.00. The number of hydrogen-bond donors (Lipinski definition) is 1. The molecule has 0 bridgehead atoms. The standard InChI is InChI=1S/C18H21ClN2OS/c19-16-3-1-14(2-4-16)12-21-8-5-17(6-9-21)20-18(22)11-15-7-10-23-13-15/h1-4,7,10,13,17H,5-6,8-9,11-12H2,(H,20,22). The second kappa shape index (κ2) is 7.95. The van der Waals surface area contributed by atoms with E-state index < -0.39 is 0 Å². The summed E-state index contributed by atoms with van der Waals surface area (Å²) >= 11 is 7.55. The number of halogens is 1. The van der Waals surface area contributed by atoms with Gasteiger partial charge in [-0.15, -0.1) is 0 Å². The second-order valence-electron chi connectivity index (χ2n) is 6.05. The maximum atomic E-state index is 12.1. The van der Waals surface area contributed by atoms with E-state index in [0.29, 0.717) is 12.5 Å². The van der Waals surface area contributed by atoms with Crippen LogP contribution in [0.4, 0.5) is 0 Å². The number of rotatable bonds is 5. The highest BCUT2D eigenvalue weighted by atomic mass is 35.5. The van der Waals surface area contributed by atoms with Gasteiger partial charge in [-0.05, 0) is 52.9 Å². The number of carbonyl (C=O) groups is 1. The van der Waals surface area contributed by atoms with Gasteiger partial charge in [-0.25, -0.2) is 0 Å². The number of carbonyl (C=O) groups excluding carboxylic acids is 1. The summed E-state index contributed by atoms with van der Waals surface area (Å²) in [6.45, 7) is 2.99. The van der Waals surface area contributed by atoms with Gasteiger partial charge in [0.1, 0.15) is 0 Å². The van der Waals surface area contributed by atoms with E-state index in [2.05, 4.69) is 22.3 Å². The number of thiophene rings is 1. The van der Waals surface area contributed by atoms with Crippen LogP contribution in [0.5, 0.6) is 0 Å². The molecule has 1 amide bonds. The van der Waals surface area contributed by atoms with Gasteiger partial charge in [0, 0.05) is 30.7 Å². The normalized spacial score (nSPS) is 16.4.